The summed E-state index contributed by atoms with van der Waals surface area (Å²) in [6, 6.07) is 7.49. The standard InChI is InChI=1S/C17H28ClN3O3S/c1-5-19-17(21-13(2)9-10-25(4,22)23)20-12-16(24-3)14-7-6-8-15(18)11-14/h6-8,11,13,16H,5,9-10,12H2,1-4H3,(H2,19,20,21). The lowest BCUT2D eigenvalue weighted by Crippen LogP contribution is -2.43. The van der Waals surface area contributed by atoms with Gasteiger partial charge in [0.2, 0.25) is 0 Å². The fourth-order valence-electron chi connectivity index (χ4n) is 2.21. The van der Waals surface area contributed by atoms with Crippen molar-refractivity contribution in [2.45, 2.75) is 32.4 Å². The Balaban J connectivity index is 2.72. The van der Waals surface area contributed by atoms with Gasteiger partial charge in [0.1, 0.15) is 15.9 Å². The average molecular weight is 390 g/mol. The molecule has 142 valence electrons. The van der Waals surface area contributed by atoms with E-state index in [0.717, 1.165) is 5.56 Å². The van der Waals surface area contributed by atoms with Gasteiger partial charge in [0, 0.05) is 31.0 Å². The second kappa shape index (κ2) is 10.6. The van der Waals surface area contributed by atoms with Crippen LogP contribution in [-0.2, 0) is 14.6 Å². The van der Waals surface area contributed by atoms with Gasteiger partial charge in [-0.2, -0.15) is 0 Å². The molecule has 0 aliphatic carbocycles. The third-order valence-electron chi connectivity index (χ3n) is 3.57. The predicted molar refractivity (Wildman–Crippen MR) is 104 cm³/mol. The number of guanidine groups is 1. The maximum absolute atomic E-state index is 11.3. The van der Waals surface area contributed by atoms with Crippen LogP contribution in [0.1, 0.15) is 31.9 Å². The molecule has 1 rings (SSSR count). The predicted octanol–water partition coefficient (Wildman–Crippen LogP) is 2.41. The molecule has 6 nitrogen and oxygen atoms in total. The zero-order valence-electron chi connectivity index (χ0n) is 15.3. The third kappa shape index (κ3) is 9.09. The first-order valence-electron chi connectivity index (χ1n) is 8.26. The molecular formula is C17H28ClN3O3S. The minimum absolute atomic E-state index is 0.0142. The molecule has 0 fully saturated rings. The lowest BCUT2D eigenvalue weighted by Gasteiger charge is -2.19. The summed E-state index contributed by atoms with van der Waals surface area (Å²) in [5.41, 5.74) is 0.958. The molecule has 1 aromatic carbocycles. The minimum Gasteiger partial charge on any atom is -0.375 e. The van der Waals surface area contributed by atoms with Crippen molar-refractivity contribution >= 4 is 27.4 Å². The highest BCUT2D eigenvalue weighted by Crippen LogP contribution is 2.20. The van der Waals surface area contributed by atoms with Crippen molar-refractivity contribution in [3.05, 3.63) is 34.9 Å². The minimum atomic E-state index is -2.97. The Labute approximate surface area is 155 Å². The molecule has 0 aliphatic rings. The van der Waals surface area contributed by atoms with Crippen molar-refractivity contribution in [2.24, 2.45) is 4.99 Å². The fourth-order valence-corrected chi connectivity index (χ4v) is 3.19. The molecule has 0 saturated heterocycles. The number of ether oxygens (including phenoxy) is 1. The van der Waals surface area contributed by atoms with Crippen LogP contribution in [0, 0.1) is 0 Å². The molecule has 0 aromatic heterocycles. The van der Waals surface area contributed by atoms with Crippen LogP contribution in [0.3, 0.4) is 0 Å². The van der Waals surface area contributed by atoms with E-state index in [2.05, 4.69) is 15.6 Å². The fraction of sp³-hybridized carbons (Fsp3) is 0.588. The second-order valence-electron chi connectivity index (χ2n) is 5.96. The maximum atomic E-state index is 11.3. The van der Waals surface area contributed by atoms with Crippen molar-refractivity contribution in [3.8, 4) is 0 Å². The molecule has 0 spiro atoms. The summed E-state index contributed by atoms with van der Waals surface area (Å²) in [7, 11) is -1.33. The number of hydrogen-bond acceptors (Lipinski definition) is 4. The molecule has 2 unspecified atom stereocenters. The number of hydrogen-bond donors (Lipinski definition) is 2. The van der Waals surface area contributed by atoms with Gasteiger partial charge in [0.25, 0.3) is 0 Å². The van der Waals surface area contributed by atoms with Gasteiger partial charge >= 0.3 is 0 Å². The van der Waals surface area contributed by atoms with Gasteiger partial charge in [-0.15, -0.1) is 0 Å². The summed E-state index contributed by atoms with van der Waals surface area (Å²) in [5.74, 6) is 0.775. The Morgan fingerprint density at radius 2 is 2.12 bits per heavy atom. The molecule has 0 saturated carbocycles. The van der Waals surface area contributed by atoms with Crippen LogP contribution >= 0.6 is 11.6 Å². The van der Waals surface area contributed by atoms with Gasteiger partial charge in [-0.3, -0.25) is 4.99 Å². The summed E-state index contributed by atoms with van der Waals surface area (Å²) in [6.07, 6.45) is 1.55. The molecule has 8 heteroatoms. The molecule has 1 aromatic rings. The van der Waals surface area contributed by atoms with Crippen molar-refractivity contribution in [2.75, 3.05) is 32.2 Å². The van der Waals surface area contributed by atoms with Gasteiger partial charge < -0.3 is 15.4 Å². The van der Waals surface area contributed by atoms with E-state index in [0.29, 0.717) is 30.5 Å². The smallest absolute Gasteiger partial charge is 0.191 e. The molecule has 25 heavy (non-hydrogen) atoms. The van der Waals surface area contributed by atoms with Gasteiger partial charge in [0.05, 0.1) is 12.3 Å². The number of sulfone groups is 1. The van der Waals surface area contributed by atoms with E-state index < -0.39 is 9.84 Å². The summed E-state index contributed by atoms with van der Waals surface area (Å²) in [5, 5.41) is 7.04. The van der Waals surface area contributed by atoms with E-state index in [1.54, 1.807) is 7.11 Å². The quantitative estimate of drug-likeness (QED) is 0.500. The van der Waals surface area contributed by atoms with E-state index in [1.807, 2.05) is 38.1 Å². The number of nitrogens with zero attached hydrogens (tertiary/aromatic N) is 1. The first-order valence-corrected chi connectivity index (χ1v) is 10.7. The number of rotatable bonds is 9. The van der Waals surface area contributed by atoms with Crippen molar-refractivity contribution in [3.63, 3.8) is 0 Å². The lowest BCUT2D eigenvalue weighted by molar-refractivity contribution is 0.111. The van der Waals surface area contributed by atoms with Crippen LogP contribution in [0.5, 0.6) is 0 Å². The first kappa shape index (κ1) is 21.7. The summed E-state index contributed by atoms with van der Waals surface area (Å²) < 4.78 is 28.1. The SMILES string of the molecule is CCNC(=NCC(OC)c1cccc(Cl)c1)NC(C)CCS(C)(=O)=O. The van der Waals surface area contributed by atoms with E-state index in [4.69, 9.17) is 16.3 Å². The van der Waals surface area contributed by atoms with Crippen LogP contribution < -0.4 is 10.6 Å². The number of methoxy groups -OCH3 is 1. The van der Waals surface area contributed by atoms with Crippen LogP contribution in [0.2, 0.25) is 5.02 Å². The summed E-state index contributed by atoms with van der Waals surface area (Å²) in [6.45, 7) is 5.04. The van der Waals surface area contributed by atoms with Gasteiger partial charge in [0.15, 0.2) is 5.96 Å². The Morgan fingerprint density at radius 1 is 1.40 bits per heavy atom. The Hall–Kier alpha value is -1.31. The Kier molecular flexibility index (Phi) is 9.24. The first-order chi connectivity index (χ1) is 11.7. The van der Waals surface area contributed by atoms with Crippen molar-refractivity contribution < 1.29 is 13.2 Å². The molecule has 2 N–H and O–H groups in total. The number of benzene rings is 1. The van der Waals surface area contributed by atoms with E-state index >= 15 is 0 Å². The Bertz CT molecular complexity index is 665. The Morgan fingerprint density at radius 3 is 2.68 bits per heavy atom. The molecule has 0 aliphatic heterocycles. The van der Waals surface area contributed by atoms with Gasteiger partial charge in [-0.1, -0.05) is 23.7 Å². The normalized spacial score (nSPS) is 14.8. The van der Waals surface area contributed by atoms with Crippen LogP contribution in [0.15, 0.2) is 29.3 Å². The topological polar surface area (TPSA) is 79.8 Å². The third-order valence-corrected chi connectivity index (χ3v) is 4.78. The molecule has 0 bridgehead atoms. The van der Waals surface area contributed by atoms with Gasteiger partial charge in [-0.05, 0) is 38.0 Å². The largest absolute Gasteiger partial charge is 0.375 e. The van der Waals surface area contributed by atoms with Crippen LogP contribution in [0.4, 0.5) is 0 Å². The monoisotopic (exact) mass is 389 g/mol. The summed E-state index contributed by atoms with van der Waals surface area (Å²) in [4.78, 5) is 4.55. The highest BCUT2D eigenvalue weighted by Gasteiger charge is 2.13. The molecule has 2 atom stereocenters. The second-order valence-corrected chi connectivity index (χ2v) is 8.66. The molecule has 0 amide bonds. The number of halogens is 1. The molecule has 0 radical (unpaired) electrons. The van der Waals surface area contributed by atoms with Crippen molar-refractivity contribution in [1.29, 1.82) is 0 Å². The molecular weight excluding hydrogens is 362 g/mol. The lowest BCUT2D eigenvalue weighted by atomic mass is 10.1. The van der Waals surface area contributed by atoms with Crippen LogP contribution in [-0.4, -0.2) is 52.6 Å². The van der Waals surface area contributed by atoms with Gasteiger partial charge in [-0.25, -0.2) is 8.42 Å². The highest BCUT2D eigenvalue weighted by molar-refractivity contribution is 7.90. The van der Waals surface area contributed by atoms with E-state index in [-0.39, 0.29) is 17.9 Å². The average Bonchev–Trinajstić information content (AvgIpc) is 2.53. The van der Waals surface area contributed by atoms with E-state index in [9.17, 15) is 8.42 Å². The summed E-state index contributed by atoms with van der Waals surface area (Å²) >= 11 is 6.03. The maximum Gasteiger partial charge on any atom is 0.191 e. The van der Waals surface area contributed by atoms with Crippen LogP contribution in [0.25, 0.3) is 0 Å². The number of nitrogens with one attached hydrogen (secondary N) is 2. The molecule has 0 heterocycles. The zero-order valence-corrected chi connectivity index (χ0v) is 16.8. The number of aliphatic imine (C=N–C) groups is 1. The van der Waals surface area contributed by atoms with Crippen molar-refractivity contribution in [1.82, 2.24) is 10.6 Å². The zero-order chi connectivity index (χ0) is 18.9. The van der Waals surface area contributed by atoms with E-state index in [1.165, 1.54) is 6.26 Å². The highest BCUT2D eigenvalue weighted by atomic mass is 35.5.